The molecule has 0 rings (SSSR count). The van der Waals surface area contributed by atoms with Crippen LogP contribution < -0.4 is 16.5 Å². The lowest BCUT2D eigenvalue weighted by Crippen LogP contribution is -2.45. The van der Waals surface area contributed by atoms with Crippen molar-refractivity contribution >= 4 is 13.0 Å². The van der Waals surface area contributed by atoms with Crippen LogP contribution in [0, 0.1) is 0 Å². The molecule has 8 heteroatoms. The first-order chi connectivity index (χ1) is 10.3. The first kappa shape index (κ1) is 21.3. The van der Waals surface area contributed by atoms with E-state index in [9.17, 15) is 4.79 Å². The van der Waals surface area contributed by atoms with Gasteiger partial charge in [0.1, 0.15) is 0 Å². The van der Waals surface area contributed by atoms with Crippen molar-refractivity contribution < 1.29 is 14.3 Å². The average Bonchev–Trinajstić information content (AvgIpc) is 2.42. The fourth-order valence-electron chi connectivity index (χ4n) is 2.27. The van der Waals surface area contributed by atoms with Gasteiger partial charge in [-0.2, -0.15) is 0 Å². The van der Waals surface area contributed by atoms with Gasteiger partial charge in [-0.1, -0.05) is 0 Å². The van der Waals surface area contributed by atoms with Crippen molar-refractivity contribution in [3.8, 4) is 0 Å². The van der Waals surface area contributed by atoms with Gasteiger partial charge in [0.05, 0.1) is 27.2 Å². The molecule has 0 heterocycles. The van der Waals surface area contributed by atoms with Gasteiger partial charge in [-0.25, -0.2) is 5.34 Å². The quantitative estimate of drug-likeness (QED) is 0.204. The van der Waals surface area contributed by atoms with Crippen molar-refractivity contribution in [1.82, 2.24) is 15.7 Å². The third-order valence-electron chi connectivity index (χ3n) is 3.63. The Kier molecular flexibility index (Phi) is 11.5. The zero-order valence-electron chi connectivity index (χ0n) is 14.8. The predicted octanol–water partition coefficient (Wildman–Crippen LogP) is -0.755. The lowest BCUT2D eigenvalue weighted by Gasteiger charge is -2.30. The van der Waals surface area contributed by atoms with E-state index in [1.54, 1.807) is 6.82 Å². The number of nitrogens with zero attached hydrogens (tertiary/aromatic N) is 2. The molecular formula is C14H35BN5O2+. The Morgan fingerprint density at radius 1 is 1.23 bits per heavy atom. The van der Waals surface area contributed by atoms with Crippen molar-refractivity contribution in [2.24, 2.45) is 5.73 Å². The van der Waals surface area contributed by atoms with Crippen LogP contribution in [0.15, 0.2) is 0 Å². The fourth-order valence-corrected chi connectivity index (χ4v) is 2.27. The Balaban J connectivity index is 3.65. The molecule has 0 atom stereocenters. The summed E-state index contributed by atoms with van der Waals surface area (Å²) < 4.78 is 1.01. The molecule has 0 fully saturated rings. The number of hydrazine groups is 1. The minimum atomic E-state index is -0.729. The number of carbonyl (C=O) groups excluding carboxylic acids is 1. The molecule has 0 aromatic carbocycles. The third-order valence-corrected chi connectivity index (χ3v) is 3.63. The molecule has 130 valence electrons. The van der Waals surface area contributed by atoms with Crippen LogP contribution in [0.25, 0.3) is 0 Å². The number of nitrogens with two attached hydrogens (primary N) is 1. The van der Waals surface area contributed by atoms with E-state index >= 15 is 0 Å². The molecule has 0 aliphatic carbocycles. The largest absolute Gasteiger partial charge is 0.436 e. The first-order valence-corrected chi connectivity index (χ1v) is 8.20. The summed E-state index contributed by atoms with van der Waals surface area (Å²) in [4.78, 5) is 13.7. The maximum Gasteiger partial charge on any atom is 0.392 e. The van der Waals surface area contributed by atoms with E-state index in [0.29, 0.717) is 6.42 Å². The molecule has 0 saturated heterocycles. The summed E-state index contributed by atoms with van der Waals surface area (Å²) >= 11 is 0. The number of nitrogens with one attached hydrogen (secondary N) is 2. The van der Waals surface area contributed by atoms with Gasteiger partial charge in [0.25, 0.3) is 0 Å². The van der Waals surface area contributed by atoms with Crippen molar-refractivity contribution in [2.45, 2.75) is 32.5 Å². The van der Waals surface area contributed by atoms with E-state index in [4.69, 9.17) is 10.8 Å². The summed E-state index contributed by atoms with van der Waals surface area (Å²) in [6.07, 6.45) is 3.49. The molecular weight excluding hydrogens is 281 g/mol. The van der Waals surface area contributed by atoms with E-state index in [1.807, 2.05) is 0 Å². The van der Waals surface area contributed by atoms with Crippen molar-refractivity contribution in [3.05, 3.63) is 0 Å². The molecule has 1 amide bonds. The first-order valence-electron chi connectivity index (χ1n) is 8.20. The van der Waals surface area contributed by atoms with Crippen molar-refractivity contribution in [3.63, 3.8) is 0 Å². The zero-order valence-corrected chi connectivity index (χ0v) is 14.8. The molecule has 5 N–H and O–H groups in total. The minimum absolute atomic E-state index is 0.0890. The van der Waals surface area contributed by atoms with Gasteiger partial charge in [0, 0.05) is 25.8 Å². The normalized spacial score (nSPS) is 11.8. The van der Waals surface area contributed by atoms with E-state index in [2.05, 4.69) is 36.8 Å². The van der Waals surface area contributed by atoms with Crippen LogP contribution in [0.2, 0.25) is 6.82 Å². The molecule has 0 bridgehead atoms. The summed E-state index contributed by atoms with van der Waals surface area (Å²) in [5.41, 5.74) is 8.03. The molecule has 22 heavy (non-hydrogen) atoms. The number of quaternary nitrogens is 1. The van der Waals surface area contributed by atoms with E-state index in [0.717, 1.165) is 56.5 Å². The molecule has 0 aliphatic rings. The number of amides is 1. The number of hydrogen-bond acceptors (Lipinski definition) is 5. The highest BCUT2D eigenvalue weighted by Gasteiger charge is 2.14. The topological polar surface area (TPSA) is 90.6 Å². The van der Waals surface area contributed by atoms with Crippen LogP contribution in [0.1, 0.15) is 25.7 Å². The van der Waals surface area contributed by atoms with Gasteiger partial charge in [0.2, 0.25) is 5.91 Å². The summed E-state index contributed by atoms with van der Waals surface area (Å²) in [6.45, 7) is 6.52. The Morgan fingerprint density at radius 2 is 1.82 bits per heavy atom. The van der Waals surface area contributed by atoms with Crippen LogP contribution >= 0.6 is 0 Å². The van der Waals surface area contributed by atoms with Gasteiger partial charge in [-0.3, -0.25) is 4.79 Å². The highest BCUT2D eigenvalue weighted by molar-refractivity contribution is 6.45. The second kappa shape index (κ2) is 11.8. The van der Waals surface area contributed by atoms with E-state index in [1.165, 1.54) is 0 Å². The Bertz CT molecular complexity index is 303. The highest BCUT2D eigenvalue weighted by atomic mass is 16.2. The Labute approximate surface area is 135 Å². The summed E-state index contributed by atoms with van der Waals surface area (Å²) in [6, 6.07) is 0. The van der Waals surface area contributed by atoms with Gasteiger partial charge in [-0.15, -0.1) is 0 Å². The maximum absolute atomic E-state index is 11.5. The fraction of sp³-hybridized carbons (Fsp3) is 0.929. The minimum Gasteiger partial charge on any atom is -0.436 e. The van der Waals surface area contributed by atoms with Crippen molar-refractivity contribution in [2.75, 3.05) is 53.9 Å². The zero-order chi connectivity index (χ0) is 17.0. The molecule has 0 aromatic heterocycles. The standard InChI is InChI=1S/C14H34BN5O2/c1-15(22)18-17-14(21)8-5-10-19(2)11-7-13-20(3,4)12-6-9-16/h18,22H,5-13,16H2,1-4H3/p+1. The molecule has 7 nitrogen and oxygen atoms in total. The summed E-state index contributed by atoms with van der Waals surface area (Å²) in [5, 5.41) is 11.5. The average molecular weight is 316 g/mol. The van der Waals surface area contributed by atoms with Gasteiger partial charge in [0.15, 0.2) is 0 Å². The smallest absolute Gasteiger partial charge is 0.392 e. The molecule has 0 aliphatic heterocycles. The van der Waals surface area contributed by atoms with E-state index < -0.39 is 7.05 Å². The molecule has 0 radical (unpaired) electrons. The number of carbonyl (C=O) groups is 1. The van der Waals surface area contributed by atoms with Crippen LogP contribution in [-0.2, 0) is 4.79 Å². The van der Waals surface area contributed by atoms with E-state index in [-0.39, 0.29) is 5.91 Å². The SMILES string of the molecule is CB(O)NNC(=O)CCCN(C)CCC[N+](C)(C)CCCN. The Hall–Kier alpha value is -0.665. The van der Waals surface area contributed by atoms with Gasteiger partial charge >= 0.3 is 7.05 Å². The molecule has 0 saturated carbocycles. The third kappa shape index (κ3) is 13.0. The highest BCUT2D eigenvalue weighted by Crippen LogP contribution is 2.02. The second-order valence-corrected chi connectivity index (χ2v) is 6.65. The Morgan fingerprint density at radius 3 is 2.41 bits per heavy atom. The summed E-state index contributed by atoms with van der Waals surface area (Å²) in [5.74, 6) is -0.0890. The van der Waals surface area contributed by atoms with Gasteiger partial charge in [-0.05, 0) is 33.4 Å². The monoisotopic (exact) mass is 316 g/mol. The van der Waals surface area contributed by atoms with Crippen LogP contribution in [-0.4, -0.2) is 81.2 Å². The molecule has 0 spiro atoms. The maximum atomic E-state index is 11.5. The van der Waals surface area contributed by atoms with Crippen molar-refractivity contribution in [1.29, 1.82) is 0 Å². The lowest BCUT2D eigenvalue weighted by molar-refractivity contribution is -0.890. The number of rotatable bonds is 13. The summed E-state index contributed by atoms with van der Waals surface area (Å²) in [7, 11) is 5.85. The second-order valence-electron chi connectivity index (χ2n) is 6.65. The van der Waals surface area contributed by atoms with Crippen LogP contribution in [0.4, 0.5) is 0 Å². The predicted molar refractivity (Wildman–Crippen MR) is 92.0 cm³/mol. The number of hydrogen-bond donors (Lipinski definition) is 4. The molecule has 0 aromatic rings. The van der Waals surface area contributed by atoms with Crippen LogP contribution in [0.5, 0.6) is 0 Å². The lowest BCUT2D eigenvalue weighted by atomic mass is 9.91. The molecule has 0 unspecified atom stereocenters. The van der Waals surface area contributed by atoms with Crippen LogP contribution in [0.3, 0.4) is 0 Å². The van der Waals surface area contributed by atoms with Gasteiger partial charge < -0.3 is 25.6 Å².